The summed E-state index contributed by atoms with van der Waals surface area (Å²) in [7, 11) is -2.20. The number of ketones is 1. The van der Waals surface area contributed by atoms with Crippen LogP contribution in [0, 0.1) is 0 Å². The molecule has 37 heavy (non-hydrogen) atoms. The highest BCUT2D eigenvalue weighted by molar-refractivity contribution is 7.89. The number of hydrogen-bond donors (Lipinski definition) is 1. The van der Waals surface area contributed by atoms with Crippen LogP contribution in [0.3, 0.4) is 0 Å². The zero-order valence-electron chi connectivity index (χ0n) is 21.2. The fraction of sp³-hybridized carbons (Fsp3) is 0.333. The van der Waals surface area contributed by atoms with Crippen molar-refractivity contribution in [3.8, 4) is 5.75 Å². The van der Waals surface area contributed by atoms with E-state index in [0.717, 1.165) is 0 Å². The van der Waals surface area contributed by atoms with Crippen LogP contribution in [0.5, 0.6) is 5.75 Å². The Bertz CT molecular complexity index is 1260. The zero-order chi connectivity index (χ0) is 27.2. The van der Waals surface area contributed by atoms with E-state index in [-0.39, 0.29) is 34.9 Å². The molecule has 198 valence electrons. The number of Topliss-reactive ketones (excluding diaryl/α,β-unsaturated/α-hetero) is 1. The second-order valence-electron chi connectivity index (χ2n) is 8.27. The van der Waals surface area contributed by atoms with Gasteiger partial charge in [0.25, 0.3) is 11.7 Å². The Morgan fingerprint density at radius 1 is 1.08 bits per heavy atom. The number of nitrogens with zero attached hydrogens (tertiary/aromatic N) is 2. The van der Waals surface area contributed by atoms with Crippen molar-refractivity contribution in [2.24, 2.45) is 0 Å². The molecule has 10 heteroatoms. The molecule has 3 rings (SSSR count). The number of carbonyl (C=O) groups is 2. The molecule has 0 unspecified atom stereocenters. The normalized spacial score (nSPS) is 17.4. The number of rotatable bonds is 12. The first kappa shape index (κ1) is 28.1. The molecule has 0 saturated carbocycles. The third-order valence-corrected chi connectivity index (χ3v) is 8.18. The van der Waals surface area contributed by atoms with E-state index in [1.807, 2.05) is 0 Å². The van der Waals surface area contributed by atoms with Crippen molar-refractivity contribution in [1.29, 1.82) is 0 Å². The Morgan fingerprint density at radius 2 is 1.70 bits per heavy atom. The fourth-order valence-electron chi connectivity index (χ4n) is 4.20. The van der Waals surface area contributed by atoms with Crippen molar-refractivity contribution >= 4 is 27.5 Å². The molecule has 1 fully saturated rings. The molecule has 2 aromatic carbocycles. The molecule has 0 radical (unpaired) electrons. The van der Waals surface area contributed by atoms with E-state index < -0.39 is 27.8 Å². The van der Waals surface area contributed by atoms with E-state index in [9.17, 15) is 23.1 Å². The molecular weight excluding hydrogens is 496 g/mol. The first-order chi connectivity index (χ1) is 17.7. The van der Waals surface area contributed by atoms with Gasteiger partial charge in [-0.3, -0.25) is 9.59 Å². The Morgan fingerprint density at radius 3 is 2.24 bits per heavy atom. The number of aliphatic hydroxyl groups is 1. The van der Waals surface area contributed by atoms with Gasteiger partial charge >= 0.3 is 0 Å². The predicted octanol–water partition coefficient (Wildman–Crippen LogP) is 3.35. The summed E-state index contributed by atoms with van der Waals surface area (Å²) in [6.45, 7) is 8.42. The minimum Gasteiger partial charge on any atom is -0.507 e. The lowest BCUT2D eigenvalue weighted by molar-refractivity contribution is -0.140. The SMILES string of the molecule is C=CCOc1ccc([C@@H]2C(=C(O)c3ccc(S(=O)(=O)N(CC)CC)cc3)C(=O)C(=O)N2CCOC)cc1. The van der Waals surface area contributed by atoms with Gasteiger partial charge in [-0.1, -0.05) is 38.6 Å². The third-order valence-electron chi connectivity index (χ3n) is 6.11. The van der Waals surface area contributed by atoms with Crippen molar-refractivity contribution in [3.63, 3.8) is 0 Å². The van der Waals surface area contributed by atoms with E-state index >= 15 is 0 Å². The predicted molar refractivity (Wildman–Crippen MR) is 140 cm³/mol. The van der Waals surface area contributed by atoms with Gasteiger partial charge in [0.15, 0.2) is 0 Å². The van der Waals surface area contributed by atoms with Crippen LogP contribution >= 0.6 is 0 Å². The monoisotopic (exact) mass is 528 g/mol. The number of benzene rings is 2. The Hall–Kier alpha value is -3.47. The highest BCUT2D eigenvalue weighted by Crippen LogP contribution is 2.39. The van der Waals surface area contributed by atoms with Gasteiger partial charge in [-0.25, -0.2) is 8.42 Å². The second kappa shape index (κ2) is 12.2. The van der Waals surface area contributed by atoms with Crippen molar-refractivity contribution in [2.45, 2.75) is 24.8 Å². The number of amides is 1. The molecule has 2 aromatic rings. The number of carbonyl (C=O) groups excluding carboxylic acids is 2. The molecule has 9 nitrogen and oxygen atoms in total. The minimum atomic E-state index is -3.69. The van der Waals surface area contributed by atoms with Crippen LogP contribution in [0.4, 0.5) is 0 Å². The lowest BCUT2D eigenvalue weighted by Crippen LogP contribution is -2.32. The lowest BCUT2D eigenvalue weighted by atomic mass is 9.95. The molecule has 0 aliphatic carbocycles. The number of ether oxygens (including phenoxy) is 2. The van der Waals surface area contributed by atoms with Crippen molar-refractivity contribution in [1.82, 2.24) is 9.21 Å². The number of aliphatic hydroxyl groups excluding tert-OH is 1. The first-order valence-electron chi connectivity index (χ1n) is 11.9. The molecular formula is C27H32N2O7S. The van der Waals surface area contributed by atoms with E-state index in [2.05, 4.69) is 6.58 Å². The fourth-order valence-corrected chi connectivity index (χ4v) is 5.66. The minimum absolute atomic E-state index is 0.0694. The van der Waals surface area contributed by atoms with Gasteiger partial charge in [0, 0.05) is 32.3 Å². The number of methoxy groups -OCH3 is 1. The summed E-state index contributed by atoms with van der Waals surface area (Å²) in [5.74, 6) is -1.38. The molecule has 1 saturated heterocycles. The largest absolute Gasteiger partial charge is 0.507 e. The smallest absolute Gasteiger partial charge is 0.295 e. The van der Waals surface area contributed by atoms with Gasteiger partial charge in [-0.15, -0.1) is 0 Å². The Balaban J connectivity index is 2.06. The zero-order valence-corrected chi connectivity index (χ0v) is 22.0. The van der Waals surface area contributed by atoms with Crippen LogP contribution in [-0.2, 0) is 24.3 Å². The lowest BCUT2D eigenvalue weighted by Gasteiger charge is -2.25. The highest BCUT2D eigenvalue weighted by atomic mass is 32.2. The molecule has 1 heterocycles. The van der Waals surface area contributed by atoms with E-state index in [4.69, 9.17) is 9.47 Å². The summed E-state index contributed by atoms with van der Waals surface area (Å²) in [5, 5.41) is 11.2. The molecule has 1 aliphatic rings. The number of likely N-dealkylation sites (tertiary alicyclic amines) is 1. The topological polar surface area (TPSA) is 113 Å². The van der Waals surface area contributed by atoms with Gasteiger partial charge in [0.1, 0.15) is 18.1 Å². The van der Waals surface area contributed by atoms with Crippen molar-refractivity contribution in [2.75, 3.05) is 40.0 Å². The van der Waals surface area contributed by atoms with Crippen LogP contribution in [0.15, 0.2) is 71.7 Å². The maximum atomic E-state index is 13.1. The average Bonchev–Trinajstić information content (AvgIpc) is 3.16. The summed E-state index contributed by atoms with van der Waals surface area (Å²) in [6.07, 6.45) is 1.62. The van der Waals surface area contributed by atoms with E-state index in [1.165, 1.54) is 40.6 Å². The van der Waals surface area contributed by atoms with Gasteiger partial charge in [-0.05, 0) is 42.0 Å². The summed E-state index contributed by atoms with van der Waals surface area (Å²) >= 11 is 0. The van der Waals surface area contributed by atoms with E-state index in [0.29, 0.717) is 31.0 Å². The quantitative estimate of drug-likeness (QED) is 0.195. The summed E-state index contributed by atoms with van der Waals surface area (Å²) in [6, 6.07) is 11.6. The van der Waals surface area contributed by atoms with Gasteiger partial charge in [0.05, 0.1) is 23.1 Å². The van der Waals surface area contributed by atoms with Gasteiger partial charge in [-0.2, -0.15) is 4.31 Å². The Kier molecular flexibility index (Phi) is 9.25. The van der Waals surface area contributed by atoms with Crippen LogP contribution < -0.4 is 4.74 Å². The van der Waals surface area contributed by atoms with Gasteiger partial charge < -0.3 is 19.5 Å². The molecule has 0 spiro atoms. The molecule has 1 N–H and O–H groups in total. The Labute approximate surface area is 217 Å². The highest BCUT2D eigenvalue weighted by Gasteiger charge is 2.45. The first-order valence-corrected chi connectivity index (χ1v) is 13.4. The standard InChI is InChI=1S/C27H32N2O7S/c1-5-17-36-21-12-8-19(9-13-21)24-23(26(31)27(32)29(24)16-18-35-4)25(30)20-10-14-22(15-11-20)37(33,34)28(6-2)7-3/h5,8-15,24,30H,1,6-7,16-18H2,2-4H3/t24-/m1/s1. The average molecular weight is 529 g/mol. The molecule has 0 aromatic heterocycles. The number of hydrogen-bond acceptors (Lipinski definition) is 7. The van der Waals surface area contributed by atoms with Crippen molar-refractivity contribution < 1.29 is 32.6 Å². The third kappa shape index (κ3) is 5.76. The van der Waals surface area contributed by atoms with Gasteiger partial charge in [0.2, 0.25) is 10.0 Å². The van der Waals surface area contributed by atoms with Crippen LogP contribution in [0.1, 0.15) is 31.0 Å². The summed E-state index contributed by atoms with van der Waals surface area (Å²) < 4.78 is 37.6. The van der Waals surface area contributed by atoms with Crippen molar-refractivity contribution in [3.05, 3.63) is 77.9 Å². The summed E-state index contributed by atoms with van der Waals surface area (Å²) in [5.41, 5.74) is 0.739. The molecule has 1 aliphatic heterocycles. The molecule has 0 bridgehead atoms. The second-order valence-corrected chi connectivity index (χ2v) is 10.2. The van der Waals surface area contributed by atoms with Crippen LogP contribution in [-0.4, -0.2) is 74.4 Å². The maximum absolute atomic E-state index is 13.1. The van der Waals surface area contributed by atoms with Crippen LogP contribution in [0.25, 0.3) is 5.76 Å². The van der Waals surface area contributed by atoms with E-state index in [1.54, 1.807) is 44.2 Å². The molecule has 1 amide bonds. The summed E-state index contributed by atoms with van der Waals surface area (Å²) in [4.78, 5) is 27.4. The van der Waals surface area contributed by atoms with Crippen LogP contribution in [0.2, 0.25) is 0 Å². The number of sulfonamides is 1. The molecule has 1 atom stereocenters. The maximum Gasteiger partial charge on any atom is 0.295 e.